The number of hydrogen-bond acceptors (Lipinski definition) is 17. The largest absolute Gasteiger partial charge is 0.395 e. The van der Waals surface area contributed by atoms with Gasteiger partial charge in [0.2, 0.25) is 0 Å². The van der Waals surface area contributed by atoms with Gasteiger partial charge in [0, 0.05) is 35.6 Å². The van der Waals surface area contributed by atoms with Crippen LogP contribution in [-0.2, 0) is 42.5 Å². The molecule has 0 aliphatic carbocycles. The van der Waals surface area contributed by atoms with Gasteiger partial charge in [-0.05, 0) is 47.9 Å². The lowest BCUT2D eigenvalue weighted by Crippen LogP contribution is -2.60. The third-order valence-electron chi connectivity index (χ3n) is 11.7. The van der Waals surface area contributed by atoms with Gasteiger partial charge in [0.05, 0.1) is 30.5 Å². The van der Waals surface area contributed by atoms with Crippen molar-refractivity contribution in [3.05, 3.63) is 114 Å². The van der Waals surface area contributed by atoms with Crippen LogP contribution in [0.1, 0.15) is 41.6 Å². The molecule has 0 spiro atoms. The predicted octanol–water partition coefficient (Wildman–Crippen LogP) is -2.10. The first-order valence-corrected chi connectivity index (χ1v) is 20.4. The maximum atomic E-state index is 14.4. The Balaban J connectivity index is 1.09. The maximum Gasteiger partial charge on any atom is 0.264 e. The Labute approximate surface area is 365 Å². The SMILES string of the molecule is C[C@H](/C=C/CCn1cc(C(CO)c2ccccc2)nn1)[C@@]1(O)C(=O)N(Cc2ccc(NC(=O)[C@H]3O[C@@H](O)[C@H](O)[C@@H](O)[C@@H]3O)cc2)c2ccc(NC(=O)[C@H]3O[C@@H](O)[C@H](O)[C@@H](O)[C@@H]3O)cc21. The topological polar surface area (TPSA) is 330 Å². The van der Waals surface area contributed by atoms with Gasteiger partial charge < -0.3 is 76.1 Å². The lowest BCUT2D eigenvalue weighted by Gasteiger charge is -2.37. The molecule has 0 saturated carbocycles. The van der Waals surface area contributed by atoms with Gasteiger partial charge in [0.1, 0.15) is 36.6 Å². The molecule has 1 unspecified atom stereocenters. The molecule has 3 amide bonds. The third kappa shape index (κ3) is 9.19. The Kier molecular flexibility index (Phi) is 14.0. The number of amides is 3. The average molecular weight is 891 g/mol. The van der Waals surface area contributed by atoms with Crippen LogP contribution >= 0.6 is 0 Å². The van der Waals surface area contributed by atoms with E-state index >= 15 is 0 Å². The number of rotatable bonds is 14. The van der Waals surface area contributed by atoms with Crippen LogP contribution in [0, 0.1) is 5.92 Å². The number of nitrogens with zero attached hydrogens (tertiary/aromatic N) is 4. The quantitative estimate of drug-likeness (QED) is 0.0603. The second-order valence-electron chi connectivity index (χ2n) is 16.0. The summed E-state index contributed by atoms with van der Waals surface area (Å²) in [4.78, 5) is 41.9. The third-order valence-corrected chi connectivity index (χ3v) is 11.7. The molecule has 0 bridgehead atoms. The van der Waals surface area contributed by atoms with Gasteiger partial charge in [-0.2, -0.15) is 0 Å². The number of carbonyl (C=O) groups is 3. The second kappa shape index (κ2) is 19.3. The first-order valence-electron chi connectivity index (χ1n) is 20.4. The minimum Gasteiger partial charge on any atom is -0.395 e. The zero-order valence-corrected chi connectivity index (χ0v) is 34.2. The molecular formula is C43H50N6O15. The standard InChI is InChI=1S/C43H50N6O15/c1-21(7-5-6-16-48-19-28(46-47-48)26(20-50)23-8-3-2-4-9-23)43(62)27-17-25(45-39(58)37-33(54)31(52)35(56)41(60)64-37)14-15-29(27)49(42(43)61)18-22-10-12-24(13-11-22)44-38(57)36-32(53)30(51)34(55)40(59)63-36/h2-5,7-15,17,19,21,26,30-37,40-41,50-56,59-60,62H,6,16,18,20H2,1H3,(H,44,57)(H,45,58)/b7-5+/t21-,26?,30+,31+,32+,33+,34-,35-,36+,37+,40-,41-,43+/m1/s1. The number of allylic oxidation sites excluding steroid dienone is 1. The molecule has 7 rings (SSSR count). The molecule has 0 radical (unpaired) electrons. The molecule has 3 aliphatic rings. The summed E-state index contributed by atoms with van der Waals surface area (Å²) in [5, 5.41) is 116. The molecule has 342 valence electrons. The van der Waals surface area contributed by atoms with Crippen molar-refractivity contribution in [3.8, 4) is 0 Å². The zero-order chi connectivity index (χ0) is 46.0. The van der Waals surface area contributed by atoms with Gasteiger partial charge in [-0.15, -0.1) is 5.10 Å². The summed E-state index contributed by atoms with van der Waals surface area (Å²) in [5.41, 5.74) is 0.463. The fraction of sp³-hybridized carbons (Fsp3) is 0.419. The van der Waals surface area contributed by atoms with Gasteiger partial charge >= 0.3 is 0 Å². The van der Waals surface area contributed by atoms with E-state index in [-0.39, 0.29) is 41.7 Å². The average Bonchev–Trinajstić information content (AvgIpc) is 3.84. The van der Waals surface area contributed by atoms with Crippen LogP contribution in [0.2, 0.25) is 0 Å². The van der Waals surface area contributed by atoms with Crippen LogP contribution in [0.3, 0.4) is 0 Å². The molecule has 4 heterocycles. The van der Waals surface area contributed by atoms with Crippen molar-refractivity contribution in [2.75, 3.05) is 22.1 Å². The van der Waals surface area contributed by atoms with Gasteiger partial charge in [-0.1, -0.05) is 66.8 Å². The number of hydrogen-bond donors (Lipinski definition) is 12. The van der Waals surface area contributed by atoms with Gasteiger partial charge in [0.15, 0.2) is 30.4 Å². The lowest BCUT2D eigenvalue weighted by atomic mass is 9.82. The summed E-state index contributed by atoms with van der Waals surface area (Å²) < 4.78 is 11.7. The summed E-state index contributed by atoms with van der Waals surface area (Å²) in [7, 11) is 0. The second-order valence-corrected chi connectivity index (χ2v) is 16.0. The minimum atomic E-state index is -2.20. The highest BCUT2D eigenvalue weighted by molar-refractivity contribution is 6.08. The monoisotopic (exact) mass is 890 g/mol. The first-order chi connectivity index (χ1) is 30.5. The Morgan fingerprint density at radius 1 is 0.797 bits per heavy atom. The lowest BCUT2D eigenvalue weighted by molar-refractivity contribution is -0.274. The number of aryl methyl sites for hydroxylation is 1. The number of carbonyl (C=O) groups excluding carboxylic acids is 3. The summed E-state index contributed by atoms with van der Waals surface area (Å²) in [5.74, 6) is -3.87. The van der Waals surface area contributed by atoms with Crippen LogP contribution in [0.5, 0.6) is 0 Å². The van der Waals surface area contributed by atoms with Crippen molar-refractivity contribution in [3.63, 3.8) is 0 Å². The van der Waals surface area contributed by atoms with Gasteiger partial charge in [-0.25, -0.2) is 0 Å². The summed E-state index contributed by atoms with van der Waals surface area (Å²) >= 11 is 0. The van der Waals surface area contributed by atoms with E-state index < -0.39 is 90.7 Å². The fourth-order valence-electron chi connectivity index (χ4n) is 7.92. The molecule has 4 aromatic rings. The molecular weight excluding hydrogens is 840 g/mol. The highest BCUT2D eigenvalue weighted by Gasteiger charge is 2.53. The van der Waals surface area contributed by atoms with Crippen molar-refractivity contribution in [1.82, 2.24) is 15.0 Å². The Bertz CT molecular complexity index is 2320. The molecule has 21 nitrogen and oxygen atoms in total. The Hall–Kier alpha value is -5.53. The smallest absolute Gasteiger partial charge is 0.264 e. The number of nitrogens with one attached hydrogen (secondary N) is 2. The molecule has 1 aromatic heterocycles. The molecule has 3 aromatic carbocycles. The van der Waals surface area contributed by atoms with E-state index in [9.17, 15) is 65.4 Å². The Morgan fingerprint density at radius 2 is 1.38 bits per heavy atom. The number of anilines is 3. The van der Waals surface area contributed by atoms with E-state index in [0.29, 0.717) is 24.2 Å². The molecule has 21 heteroatoms. The number of ether oxygens (including phenoxy) is 2. The van der Waals surface area contributed by atoms with Crippen molar-refractivity contribution in [2.24, 2.45) is 5.92 Å². The number of fused-ring (bicyclic) bond motifs is 1. The van der Waals surface area contributed by atoms with Crippen molar-refractivity contribution in [2.45, 2.75) is 99.4 Å². The van der Waals surface area contributed by atoms with Crippen molar-refractivity contribution in [1.29, 1.82) is 0 Å². The summed E-state index contributed by atoms with van der Waals surface area (Å²) in [6.07, 6.45) is -13.0. The first kappa shape index (κ1) is 46.5. The van der Waals surface area contributed by atoms with E-state index in [1.54, 1.807) is 42.1 Å². The molecule has 13 atom stereocenters. The van der Waals surface area contributed by atoms with E-state index in [1.165, 1.54) is 35.2 Å². The predicted molar refractivity (Wildman–Crippen MR) is 221 cm³/mol. The van der Waals surface area contributed by atoms with Gasteiger partial charge in [0.25, 0.3) is 17.7 Å². The van der Waals surface area contributed by atoms with Crippen LogP contribution in [0.15, 0.2) is 91.1 Å². The highest BCUT2D eigenvalue weighted by Crippen LogP contribution is 2.47. The van der Waals surface area contributed by atoms with Crippen LogP contribution < -0.4 is 15.5 Å². The fourth-order valence-corrected chi connectivity index (χ4v) is 7.92. The number of aliphatic hydroxyl groups excluding tert-OH is 9. The Morgan fingerprint density at radius 3 is 1.97 bits per heavy atom. The summed E-state index contributed by atoms with van der Waals surface area (Å²) in [6, 6.07) is 19.8. The molecule has 2 saturated heterocycles. The maximum absolute atomic E-state index is 14.4. The minimum absolute atomic E-state index is 0.0549. The highest BCUT2D eigenvalue weighted by atomic mass is 16.6. The van der Waals surface area contributed by atoms with E-state index in [2.05, 4.69) is 20.9 Å². The van der Waals surface area contributed by atoms with E-state index in [4.69, 9.17) is 9.47 Å². The number of aromatic nitrogens is 3. The zero-order valence-electron chi connectivity index (χ0n) is 34.2. The van der Waals surface area contributed by atoms with E-state index in [1.807, 2.05) is 30.3 Å². The molecule has 2 fully saturated rings. The molecule has 64 heavy (non-hydrogen) atoms. The summed E-state index contributed by atoms with van der Waals surface area (Å²) in [6.45, 7) is 1.76. The van der Waals surface area contributed by atoms with Crippen LogP contribution in [0.25, 0.3) is 0 Å². The molecule has 12 N–H and O–H groups in total. The number of benzene rings is 3. The molecule has 3 aliphatic heterocycles. The van der Waals surface area contributed by atoms with Crippen LogP contribution in [0.4, 0.5) is 17.1 Å². The van der Waals surface area contributed by atoms with Crippen molar-refractivity contribution < 1.29 is 74.9 Å². The van der Waals surface area contributed by atoms with Crippen LogP contribution in [-0.4, -0.2) is 152 Å². The number of aliphatic hydroxyl groups is 10. The van der Waals surface area contributed by atoms with Gasteiger partial charge in [-0.3, -0.25) is 19.1 Å². The van der Waals surface area contributed by atoms with E-state index in [0.717, 1.165) is 5.56 Å². The normalized spacial score (nSPS) is 30.2. The van der Waals surface area contributed by atoms with Crippen molar-refractivity contribution >= 4 is 34.8 Å².